The lowest BCUT2D eigenvalue weighted by atomic mass is 9.82. The Hall–Kier alpha value is -1.58. The first kappa shape index (κ1) is 14.8. The lowest BCUT2D eigenvalue weighted by Crippen LogP contribution is -2.33. The molecule has 106 valence electrons. The van der Waals surface area contributed by atoms with Gasteiger partial charge in [0.2, 0.25) is 0 Å². The van der Waals surface area contributed by atoms with Gasteiger partial charge in [-0.1, -0.05) is 36.4 Å². The van der Waals surface area contributed by atoms with Crippen molar-refractivity contribution >= 4 is 17.6 Å². The maximum atomic E-state index is 11.4. The van der Waals surface area contributed by atoms with Gasteiger partial charge in [-0.15, -0.1) is 11.6 Å². The highest BCUT2D eigenvalue weighted by Gasteiger charge is 2.35. The summed E-state index contributed by atoms with van der Waals surface area (Å²) in [6, 6.07) is 7.29. The van der Waals surface area contributed by atoms with Gasteiger partial charge in [-0.2, -0.15) is 0 Å². The lowest BCUT2D eigenvalue weighted by molar-refractivity contribution is 0.0600. The molecule has 0 saturated heterocycles. The zero-order valence-corrected chi connectivity index (χ0v) is 12.3. The van der Waals surface area contributed by atoms with Crippen LogP contribution < -0.4 is 0 Å². The first-order valence-corrected chi connectivity index (χ1v) is 6.70. The van der Waals surface area contributed by atoms with E-state index in [9.17, 15) is 4.79 Å². The van der Waals surface area contributed by atoms with Crippen molar-refractivity contribution in [3.63, 3.8) is 0 Å². The first-order chi connectivity index (χ1) is 9.60. The monoisotopic (exact) mass is 292 g/mol. The molecule has 1 aromatic rings. The summed E-state index contributed by atoms with van der Waals surface area (Å²) >= 11 is 6.65. The minimum atomic E-state index is -0.601. The number of methoxy groups -OCH3 is 2. The lowest BCUT2D eigenvalue weighted by Gasteiger charge is -2.32. The zero-order valence-electron chi connectivity index (χ0n) is 11.5. The number of ether oxygens (including phenoxy) is 2. The summed E-state index contributed by atoms with van der Waals surface area (Å²) in [5.74, 6) is -0.342. The van der Waals surface area contributed by atoms with Gasteiger partial charge in [0.05, 0.1) is 24.2 Å². The molecule has 2 unspecified atom stereocenters. The van der Waals surface area contributed by atoms with Gasteiger partial charge >= 0.3 is 5.97 Å². The fraction of sp³-hybridized carbons (Fsp3) is 0.312. The van der Waals surface area contributed by atoms with E-state index in [2.05, 4.69) is 0 Å². The smallest absolute Gasteiger partial charge is 0.337 e. The van der Waals surface area contributed by atoms with E-state index in [-0.39, 0.29) is 11.9 Å². The molecule has 2 rings (SSSR count). The number of benzene rings is 1. The van der Waals surface area contributed by atoms with Crippen molar-refractivity contribution in [2.75, 3.05) is 20.8 Å². The van der Waals surface area contributed by atoms with E-state index in [0.29, 0.717) is 12.2 Å². The van der Waals surface area contributed by atoms with Gasteiger partial charge in [0, 0.05) is 13.0 Å². The van der Waals surface area contributed by atoms with E-state index >= 15 is 0 Å². The number of hydrogen-bond donors (Lipinski definition) is 0. The number of carbonyl (C=O) groups is 1. The number of hydrogen-bond acceptors (Lipinski definition) is 3. The van der Waals surface area contributed by atoms with Crippen LogP contribution in [0, 0.1) is 0 Å². The highest BCUT2D eigenvalue weighted by molar-refractivity contribution is 6.26. The average Bonchev–Trinajstić information content (AvgIpc) is 2.47. The number of allylic oxidation sites excluding steroid dienone is 3. The van der Waals surface area contributed by atoms with E-state index in [1.165, 1.54) is 7.11 Å². The van der Waals surface area contributed by atoms with E-state index in [4.69, 9.17) is 21.1 Å². The molecular weight excluding hydrogens is 276 g/mol. The molecule has 0 N–H and O–H groups in total. The molecule has 0 saturated carbocycles. The van der Waals surface area contributed by atoms with Crippen LogP contribution in [0.1, 0.15) is 21.8 Å². The summed E-state index contributed by atoms with van der Waals surface area (Å²) in [5.41, 5.74) is 1.56. The van der Waals surface area contributed by atoms with E-state index in [1.54, 1.807) is 19.2 Å². The molecule has 0 heterocycles. The molecular formula is C16H17ClO3. The third-order valence-electron chi connectivity index (χ3n) is 3.36. The van der Waals surface area contributed by atoms with Crippen LogP contribution in [0.4, 0.5) is 0 Å². The van der Waals surface area contributed by atoms with Crippen LogP contribution >= 0.6 is 11.6 Å². The SMILES string of the molecule is COCC1(Cl)C=CC=CC1c1ccc(C(=O)OC)cc1. The topological polar surface area (TPSA) is 35.5 Å². The first-order valence-electron chi connectivity index (χ1n) is 6.33. The summed E-state index contributed by atoms with van der Waals surface area (Å²) in [6.07, 6.45) is 7.87. The number of esters is 1. The predicted molar refractivity (Wildman–Crippen MR) is 79.3 cm³/mol. The average molecular weight is 293 g/mol. The molecule has 0 spiro atoms. The maximum absolute atomic E-state index is 11.4. The fourth-order valence-electron chi connectivity index (χ4n) is 2.35. The summed E-state index contributed by atoms with van der Waals surface area (Å²) in [7, 11) is 3.00. The third-order valence-corrected chi connectivity index (χ3v) is 3.83. The second kappa shape index (κ2) is 6.25. The van der Waals surface area contributed by atoms with Gasteiger partial charge in [-0.3, -0.25) is 0 Å². The number of rotatable bonds is 4. The van der Waals surface area contributed by atoms with Crippen LogP contribution in [-0.4, -0.2) is 31.7 Å². The molecule has 0 aliphatic heterocycles. The summed E-state index contributed by atoms with van der Waals surface area (Å²) in [6.45, 7) is 0.415. The minimum absolute atomic E-state index is 0.000753. The van der Waals surface area contributed by atoms with Gasteiger partial charge in [0.25, 0.3) is 0 Å². The van der Waals surface area contributed by atoms with Crippen LogP contribution in [0.2, 0.25) is 0 Å². The van der Waals surface area contributed by atoms with Crippen LogP contribution in [-0.2, 0) is 9.47 Å². The summed E-state index contributed by atoms with van der Waals surface area (Å²) in [4.78, 5) is 10.8. The van der Waals surface area contributed by atoms with Crippen molar-refractivity contribution in [2.45, 2.75) is 10.8 Å². The second-order valence-corrected chi connectivity index (χ2v) is 5.40. The molecule has 0 bridgehead atoms. The van der Waals surface area contributed by atoms with Gasteiger partial charge in [0.15, 0.2) is 0 Å². The molecule has 2 atom stereocenters. The highest BCUT2D eigenvalue weighted by atomic mass is 35.5. The van der Waals surface area contributed by atoms with Gasteiger partial charge in [-0.05, 0) is 17.7 Å². The Morgan fingerprint density at radius 3 is 2.55 bits per heavy atom. The molecule has 0 radical (unpaired) electrons. The van der Waals surface area contributed by atoms with Gasteiger partial charge in [-0.25, -0.2) is 4.79 Å². The van der Waals surface area contributed by atoms with Crippen LogP contribution in [0.5, 0.6) is 0 Å². The molecule has 0 amide bonds. The second-order valence-electron chi connectivity index (χ2n) is 4.70. The van der Waals surface area contributed by atoms with Crippen molar-refractivity contribution in [3.8, 4) is 0 Å². The van der Waals surface area contributed by atoms with Crippen LogP contribution in [0.25, 0.3) is 0 Å². The normalized spacial score (nSPS) is 24.6. The van der Waals surface area contributed by atoms with Crippen molar-refractivity contribution < 1.29 is 14.3 Å². The predicted octanol–water partition coefficient (Wildman–Crippen LogP) is 3.31. The Bertz CT molecular complexity index is 533. The fourth-order valence-corrected chi connectivity index (χ4v) is 2.73. The number of halogens is 1. The highest BCUT2D eigenvalue weighted by Crippen LogP contribution is 2.39. The zero-order chi connectivity index (χ0) is 14.6. The molecule has 0 aromatic heterocycles. The Kier molecular flexibility index (Phi) is 4.63. The summed E-state index contributed by atoms with van der Waals surface area (Å²) < 4.78 is 9.92. The summed E-state index contributed by atoms with van der Waals surface area (Å²) in [5, 5.41) is 0. The van der Waals surface area contributed by atoms with Crippen molar-refractivity contribution in [1.82, 2.24) is 0 Å². The maximum Gasteiger partial charge on any atom is 0.337 e. The Balaban J connectivity index is 2.28. The van der Waals surface area contributed by atoms with Crippen LogP contribution in [0.15, 0.2) is 48.6 Å². The quantitative estimate of drug-likeness (QED) is 0.631. The van der Waals surface area contributed by atoms with Gasteiger partial charge < -0.3 is 9.47 Å². The Morgan fingerprint density at radius 2 is 1.95 bits per heavy atom. The third kappa shape index (κ3) is 2.94. The number of alkyl halides is 1. The molecule has 1 aliphatic rings. The van der Waals surface area contributed by atoms with Gasteiger partial charge in [0.1, 0.15) is 0 Å². The standard InChI is InChI=1S/C16H17ClO3/c1-19-11-16(17)10-4-3-5-14(16)12-6-8-13(9-7-12)15(18)20-2/h3-10,14H,11H2,1-2H3. The van der Waals surface area contributed by atoms with Crippen molar-refractivity contribution in [1.29, 1.82) is 0 Å². The van der Waals surface area contributed by atoms with Crippen LogP contribution in [0.3, 0.4) is 0 Å². The van der Waals surface area contributed by atoms with E-state index in [1.807, 2.05) is 36.4 Å². The molecule has 1 aromatic carbocycles. The number of carbonyl (C=O) groups excluding carboxylic acids is 1. The molecule has 0 fully saturated rings. The molecule has 1 aliphatic carbocycles. The van der Waals surface area contributed by atoms with E-state index in [0.717, 1.165) is 5.56 Å². The van der Waals surface area contributed by atoms with E-state index < -0.39 is 4.87 Å². The minimum Gasteiger partial charge on any atom is -0.465 e. The largest absolute Gasteiger partial charge is 0.465 e. The Morgan fingerprint density at radius 1 is 1.25 bits per heavy atom. The van der Waals surface area contributed by atoms with Crippen molar-refractivity contribution in [3.05, 3.63) is 59.7 Å². The molecule has 20 heavy (non-hydrogen) atoms. The van der Waals surface area contributed by atoms with Crippen molar-refractivity contribution in [2.24, 2.45) is 0 Å². The Labute approximate surface area is 123 Å². The molecule has 3 nitrogen and oxygen atoms in total. The molecule has 4 heteroatoms.